The lowest BCUT2D eigenvalue weighted by atomic mass is 9.92. The summed E-state index contributed by atoms with van der Waals surface area (Å²) in [6.45, 7) is 14.4. The van der Waals surface area contributed by atoms with Crippen LogP contribution in [0.5, 0.6) is 5.75 Å². The Morgan fingerprint density at radius 1 is 0.891 bits per heavy atom. The van der Waals surface area contributed by atoms with E-state index < -0.39 is 6.04 Å². The van der Waals surface area contributed by atoms with Crippen LogP contribution in [-0.4, -0.2) is 59.8 Å². The van der Waals surface area contributed by atoms with Crippen LogP contribution in [0.25, 0.3) is 0 Å². The maximum absolute atomic E-state index is 13.9. The Bertz CT molecular complexity index is 1560. The highest BCUT2D eigenvalue weighted by molar-refractivity contribution is 5.98. The van der Waals surface area contributed by atoms with Gasteiger partial charge < -0.3 is 19.9 Å². The van der Waals surface area contributed by atoms with Gasteiger partial charge in [-0.25, -0.2) is 0 Å². The molecule has 0 radical (unpaired) electrons. The summed E-state index contributed by atoms with van der Waals surface area (Å²) in [5.74, 6) is -0.0339. The number of rotatable bonds is 10. The van der Waals surface area contributed by atoms with Gasteiger partial charge in [0, 0.05) is 70.4 Å². The second kappa shape index (κ2) is 14.9. The number of esters is 1. The molecule has 0 unspecified atom stereocenters. The third kappa shape index (κ3) is 7.79. The van der Waals surface area contributed by atoms with Crippen LogP contribution in [0.1, 0.15) is 72.9 Å². The first-order valence-corrected chi connectivity index (χ1v) is 16.7. The Hall–Kier alpha value is -4.17. The molecule has 244 valence electrons. The summed E-state index contributed by atoms with van der Waals surface area (Å²) in [4.78, 5) is 45.9. The number of hydrogen-bond donors (Lipinski definition) is 1. The molecule has 1 fully saturated rings. The number of anilines is 2. The molecule has 0 spiro atoms. The van der Waals surface area contributed by atoms with Gasteiger partial charge in [-0.2, -0.15) is 0 Å². The molecule has 46 heavy (non-hydrogen) atoms. The van der Waals surface area contributed by atoms with Crippen LogP contribution < -0.4 is 15.0 Å². The first-order valence-electron chi connectivity index (χ1n) is 16.7. The lowest BCUT2D eigenvalue weighted by molar-refractivity contribution is -0.140. The van der Waals surface area contributed by atoms with E-state index in [0.717, 1.165) is 79.8 Å². The molecule has 3 aromatic carbocycles. The average Bonchev–Trinajstić information content (AvgIpc) is 3.05. The highest BCUT2D eigenvalue weighted by Crippen LogP contribution is 2.34. The fraction of sp³-hybridized carbons (Fsp3) is 0.447. The minimum atomic E-state index is -0.609. The average molecular weight is 625 g/mol. The summed E-state index contributed by atoms with van der Waals surface area (Å²) in [5.41, 5.74) is 7.82. The number of unbranched alkanes of at least 4 members (excludes halogenated alkanes) is 2. The third-order valence-electron chi connectivity index (χ3n) is 9.45. The topological polar surface area (TPSA) is 82.2 Å². The molecule has 1 saturated heterocycles. The fourth-order valence-corrected chi connectivity index (χ4v) is 6.64. The number of amides is 2. The van der Waals surface area contributed by atoms with Crippen LogP contribution in [0, 0.1) is 20.8 Å². The zero-order chi connectivity index (χ0) is 32.8. The molecule has 3 aromatic rings. The van der Waals surface area contributed by atoms with E-state index in [1.54, 1.807) is 4.90 Å². The Morgan fingerprint density at radius 3 is 2.33 bits per heavy atom. The van der Waals surface area contributed by atoms with E-state index in [2.05, 4.69) is 70.6 Å². The van der Waals surface area contributed by atoms with Crippen molar-refractivity contribution in [2.75, 3.05) is 36.4 Å². The predicted octanol–water partition coefficient (Wildman–Crippen LogP) is 6.33. The van der Waals surface area contributed by atoms with Gasteiger partial charge in [0.1, 0.15) is 11.8 Å². The summed E-state index contributed by atoms with van der Waals surface area (Å²) in [5, 5.41) is 3.12. The molecule has 1 N–H and O–H groups in total. The van der Waals surface area contributed by atoms with Crippen LogP contribution in [0.15, 0.2) is 54.6 Å². The van der Waals surface area contributed by atoms with Gasteiger partial charge in [-0.15, -0.1) is 0 Å². The standard InChI is InChI=1S/C38H48N4O4/c1-6-7-9-14-36(44)42-25-32-22-33(41-19-17-40(18-20-41)24-30-12-10-8-11-13-30)16-15-31(32)23-35(42)38(45)39-34-21-26(2)37(46-29(5)43)28(4)27(34)3/h8,10-13,15-16,21-22,35H,6-7,9,14,17-20,23-25H2,1-5H3,(H,39,45)/t35-/m0/s1. The predicted molar refractivity (Wildman–Crippen MR) is 183 cm³/mol. The molecule has 5 rings (SSSR count). The summed E-state index contributed by atoms with van der Waals surface area (Å²) in [6, 6.07) is 18.4. The summed E-state index contributed by atoms with van der Waals surface area (Å²) >= 11 is 0. The molecule has 0 aliphatic carbocycles. The monoisotopic (exact) mass is 624 g/mol. The van der Waals surface area contributed by atoms with Gasteiger partial charge in [0.05, 0.1) is 0 Å². The van der Waals surface area contributed by atoms with E-state index >= 15 is 0 Å². The number of nitrogens with one attached hydrogen (secondary N) is 1. The fourth-order valence-electron chi connectivity index (χ4n) is 6.64. The quantitative estimate of drug-likeness (QED) is 0.161. The Labute approximate surface area is 273 Å². The van der Waals surface area contributed by atoms with Crippen molar-refractivity contribution in [1.29, 1.82) is 0 Å². The Kier molecular flexibility index (Phi) is 10.8. The van der Waals surface area contributed by atoms with Crippen LogP contribution in [0.2, 0.25) is 0 Å². The van der Waals surface area contributed by atoms with E-state index in [0.29, 0.717) is 30.8 Å². The third-order valence-corrected chi connectivity index (χ3v) is 9.45. The number of hydrogen-bond acceptors (Lipinski definition) is 6. The number of fused-ring (bicyclic) bond motifs is 1. The van der Waals surface area contributed by atoms with E-state index in [9.17, 15) is 14.4 Å². The first-order chi connectivity index (χ1) is 22.1. The SMILES string of the molecule is CCCCCC(=O)N1Cc2cc(N3CCN(Cc4ccccc4)CC3)ccc2C[C@H]1C(=O)Nc1cc(C)c(OC(C)=O)c(C)c1C. The van der Waals surface area contributed by atoms with E-state index in [4.69, 9.17) is 4.74 Å². The summed E-state index contributed by atoms with van der Waals surface area (Å²) < 4.78 is 5.44. The first kappa shape index (κ1) is 33.2. The Balaban J connectivity index is 1.32. The minimum Gasteiger partial charge on any atom is -0.426 e. The van der Waals surface area contributed by atoms with E-state index in [1.165, 1.54) is 18.2 Å². The zero-order valence-electron chi connectivity index (χ0n) is 28.0. The largest absolute Gasteiger partial charge is 0.426 e. The molecular formula is C38H48N4O4. The van der Waals surface area contributed by atoms with Gasteiger partial charge in [0.2, 0.25) is 11.8 Å². The van der Waals surface area contributed by atoms with Crippen molar-refractivity contribution in [3.63, 3.8) is 0 Å². The van der Waals surface area contributed by atoms with Crippen molar-refractivity contribution in [3.05, 3.63) is 88.0 Å². The lowest BCUT2D eigenvalue weighted by Crippen LogP contribution is -2.50. The van der Waals surface area contributed by atoms with Crippen molar-refractivity contribution in [3.8, 4) is 5.75 Å². The van der Waals surface area contributed by atoms with Gasteiger partial charge in [-0.3, -0.25) is 19.3 Å². The molecule has 0 bridgehead atoms. The Morgan fingerprint density at radius 2 is 1.63 bits per heavy atom. The summed E-state index contributed by atoms with van der Waals surface area (Å²) in [7, 11) is 0. The van der Waals surface area contributed by atoms with Crippen molar-refractivity contribution < 1.29 is 19.1 Å². The van der Waals surface area contributed by atoms with Gasteiger partial charge in [-0.05, 0) is 78.8 Å². The number of nitrogens with zero attached hydrogens (tertiary/aromatic N) is 3. The van der Waals surface area contributed by atoms with E-state index in [1.807, 2.05) is 26.8 Å². The van der Waals surface area contributed by atoms with Crippen molar-refractivity contribution >= 4 is 29.2 Å². The number of carbonyl (C=O) groups is 3. The van der Waals surface area contributed by atoms with Crippen LogP contribution in [-0.2, 0) is 33.9 Å². The van der Waals surface area contributed by atoms with Crippen LogP contribution in [0.4, 0.5) is 11.4 Å². The second-order valence-electron chi connectivity index (χ2n) is 12.8. The van der Waals surface area contributed by atoms with Crippen molar-refractivity contribution in [2.45, 2.75) is 85.9 Å². The molecule has 2 aliphatic heterocycles. The van der Waals surface area contributed by atoms with Gasteiger partial charge in [-0.1, -0.05) is 56.2 Å². The lowest BCUT2D eigenvalue weighted by Gasteiger charge is -2.39. The molecule has 2 aliphatic rings. The second-order valence-corrected chi connectivity index (χ2v) is 12.8. The highest BCUT2D eigenvalue weighted by atomic mass is 16.5. The van der Waals surface area contributed by atoms with Gasteiger partial charge in [0.25, 0.3) is 0 Å². The van der Waals surface area contributed by atoms with Gasteiger partial charge >= 0.3 is 5.97 Å². The van der Waals surface area contributed by atoms with Crippen molar-refractivity contribution in [1.82, 2.24) is 9.80 Å². The van der Waals surface area contributed by atoms with Crippen molar-refractivity contribution in [2.24, 2.45) is 0 Å². The molecule has 8 heteroatoms. The minimum absolute atomic E-state index is 0.0217. The molecule has 1 atom stereocenters. The summed E-state index contributed by atoms with van der Waals surface area (Å²) in [6.07, 6.45) is 3.73. The molecule has 8 nitrogen and oxygen atoms in total. The molecule has 0 saturated carbocycles. The number of carbonyl (C=O) groups excluding carboxylic acids is 3. The van der Waals surface area contributed by atoms with E-state index in [-0.39, 0.29) is 17.8 Å². The normalized spacial score (nSPS) is 16.6. The number of benzene rings is 3. The molecule has 2 heterocycles. The smallest absolute Gasteiger partial charge is 0.308 e. The number of aryl methyl sites for hydroxylation is 1. The molecular weight excluding hydrogens is 576 g/mol. The highest BCUT2D eigenvalue weighted by Gasteiger charge is 2.35. The van der Waals surface area contributed by atoms with Crippen LogP contribution >= 0.6 is 0 Å². The zero-order valence-corrected chi connectivity index (χ0v) is 28.0. The maximum atomic E-state index is 13.9. The number of ether oxygens (including phenoxy) is 1. The number of piperazine rings is 1. The molecule has 2 amide bonds. The van der Waals surface area contributed by atoms with Gasteiger partial charge in [0.15, 0.2) is 0 Å². The molecule has 0 aromatic heterocycles. The van der Waals surface area contributed by atoms with Crippen LogP contribution in [0.3, 0.4) is 0 Å². The maximum Gasteiger partial charge on any atom is 0.308 e.